The predicted octanol–water partition coefficient (Wildman–Crippen LogP) is 2.53. The molecule has 0 fully saturated rings. The average Bonchev–Trinajstić information content (AvgIpc) is 2.56. The van der Waals surface area contributed by atoms with Crippen LogP contribution in [0.1, 0.15) is 11.3 Å². The van der Waals surface area contributed by atoms with Crippen LogP contribution in [-0.4, -0.2) is 14.8 Å². The van der Waals surface area contributed by atoms with Gasteiger partial charge in [0.2, 0.25) is 0 Å². The van der Waals surface area contributed by atoms with Crippen LogP contribution in [0.15, 0.2) is 18.5 Å². The van der Waals surface area contributed by atoms with E-state index in [1.807, 2.05) is 20.2 Å². The number of anilines is 1. The lowest BCUT2D eigenvalue weighted by Gasteiger charge is -2.05. The third-order valence-electron chi connectivity index (χ3n) is 2.37. The number of hydrogen-bond donors (Lipinski definition) is 1. The van der Waals surface area contributed by atoms with Crippen LogP contribution in [0.4, 0.5) is 10.2 Å². The van der Waals surface area contributed by atoms with Gasteiger partial charge in [0, 0.05) is 31.5 Å². The maximum atomic E-state index is 13.4. The Balaban J connectivity index is 2.10. The fraction of sp³-hybridized carbons (Fsp3) is 0.273. The molecule has 0 aliphatic heterocycles. The molecule has 0 atom stereocenters. The van der Waals surface area contributed by atoms with Gasteiger partial charge in [-0.25, -0.2) is 9.37 Å². The molecule has 90 valence electrons. The fourth-order valence-electron chi connectivity index (χ4n) is 1.55. The molecular weight excluding hydrogens is 243 g/mol. The van der Waals surface area contributed by atoms with Gasteiger partial charge in [0.05, 0.1) is 10.7 Å². The van der Waals surface area contributed by atoms with Gasteiger partial charge in [-0.15, -0.1) is 0 Å². The second kappa shape index (κ2) is 4.71. The molecular formula is C11H12ClFN4. The van der Waals surface area contributed by atoms with Crippen molar-refractivity contribution in [1.29, 1.82) is 0 Å². The Kier molecular flexibility index (Phi) is 3.28. The van der Waals surface area contributed by atoms with Crippen molar-refractivity contribution in [2.45, 2.75) is 13.5 Å². The van der Waals surface area contributed by atoms with Crippen LogP contribution in [0, 0.1) is 12.7 Å². The first kappa shape index (κ1) is 11.9. The highest BCUT2D eigenvalue weighted by Gasteiger charge is 2.06. The molecule has 2 aromatic heterocycles. The van der Waals surface area contributed by atoms with E-state index >= 15 is 0 Å². The van der Waals surface area contributed by atoms with E-state index < -0.39 is 5.82 Å². The summed E-state index contributed by atoms with van der Waals surface area (Å²) in [6.07, 6.45) is 3.29. The van der Waals surface area contributed by atoms with Crippen LogP contribution in [0.25, 0.3) is 0 Å². The Morgan fingerprint density at radius 3 is 2.88 bits per heavy atom. The molecule has 0 radical (unpaired) electrons. The van der Waals surface area contributed by atoms with Gasteiger partial charge in [-0.2, -0.15) is 5.10 Å². The maximum absolute atomic E-state index is 13.4. The summed E-state index contributed by atoms with van der Waals surface area (Å²) in [6, 6.07) is 1.23. The van der Waals surface area contributed by atoms with E-state index in [4.69, 9.17) is 11.6 Å². The number of halogens is 2. The minimum atomic E-state index is -0.459. The molecule has 0 unspecified atom stereocenters. The number of rotatable bonds is 3. The first-order valence-electron chi connectivity index (χ1n) is 5.10. The second-order valence-electron chi connectivity index (χ2n) is 3.75. The van der Waals surface area contributed by atoms with Crippen molar-refractivity contribution in [1.82, 2.24) is 14.8 Å². The number of pyridine rings is 1. The summed E-state index contributed by atoms with van der Waals surface area (Å²) in [7, 11) is 1.84. The summed E-state index contributed by atoms with van der Waals surface area (Å²) in [5, 5.41) is 7.40. The lowest BCUT2D eigenvalue weighted by Crippen LogP contribution is -2.03. The summed E-state index contributed by atoms with van der Waals surface area (Å²) in [5.41, 5.74) is 1.91. The Labute approximate surface area is 103 Å². The van der Waals surface area contributed by atoms with E-state index in [0.29, 0.717) is 6.54 Å². The maximum Gasteiger partial charge on any atom is 0.166 e. The summed E-state index contributed by atoms with van der Waals surface area (Å²) < 4.78 is 15.1. The highest BCUT2D eigenvalue weighted by Crippen LogP contribution is 2.16. The molecule has 6 heteroatoms. The average molecular weight is 255 g/mol. The normalized spacial score (nSPS) is 10.6. The number of nitrogens with zero attached hydrogens (tertiary/aromatic N) is 3. The van der Waals surface area contributed by atoms with Crippen LogP contribution in [-0.2, 0) is 13.6 Å². The monoisotopic (exact) mass is 254 g/mol. The first-order valence-corrected chi connectivity index (χ1v) is 5.48. The Morgan fingerprint density at radius 2 is 2.29 bits per heavy atom. The zero-order chi connectivity index (χ0) is 12.4. The molecule has 0 spiro atoms. The minimum absolute atomic E-state index is 0.192. The van der Waals surface area contributed by atoms with E-state index in [-0.39, 0.29) is 10.8 Å². The van der Waals surface area contributed by atoms with Crippen molar-refractivity contribution >= 4 is 17.4 Å². The topological polar surface area (TPSA) is 42.7 Å². The van der Waals surface area contributed by atoms with Gasteiger partial charge < -0.3 is 5.32 Å². The summed E-state index contributed by atoms with van der Waals surface area (Å²) in [6.45, 7) is 2.38. The highest BCUT2D eigenvalue weighted by molar-refractivity contribution is 6.30. The van der Waals surface area contributed by atoms with E-state index in [1.54, 1.807) is 4.68 Å². The standard InChI is InChI=1S/C11H12ClFN4/c1-7-8(6-17(2)16-7)4-14-11-10(13)3-9(12)5-15-11/h3,5-6H,4H2,1-2H3,(H,14,15). The molecule has 0 saturated carbocycles. The Morgan fingerprint density at radius 1 is 1.53 bits per heavy atom. The van der Waals surface area contributed by atoms with E-state index in [1.165, 1.54) is 12.3 Å². The molecule has 0 saturated heterocycles. The Hall–Kier alpha value is -1.62. The van der Waals surface area contributed by atoms with Crippen LogP contribution in [0.5, 0.6) is 0 Å². The summed E-state index contributed by atoms with van der Waals surface area (Å²) in [4.78, 5) is 3.88. The first-order chi connectivity index (χ1) is 8.06. The van der Waals surface area contributed by atoms with E-state index in [9.17, 15) is 4.39 Å². The number of aryl methyl sites for hydroxylation is 2. The van der Waals surface area contributed by atoms with Crippen molar-refractivity contribution < 1.29 is 4.39 Å². The van der Waals surface area contributed by atoms with E-state index in [2.05, 4.69) is 15.4 Å². The van der Waals surface area contributed by atoms with E-state index in [0.717, 1.165) is 11.3 Å². The summed E-state index contributed by atoms with van der Waals surface area (Å²) >= 11 is 5.62. The molecule has 0 aromatic carbocycles. The van der Waals surface area contributed by atoms with Crippen molar-refractivity contribution in [3.63, 3.8) is 0 Å². The van der Waals surface area contributed by atoms with Crippen LogP contribution in [0.3, 0.4) is 0 Å². The second-order valence-corrected chi connectivity index (χ2v) is 4.19. The van der Waals surface area contributed by atoms with Gasteiger partial charge in [0.15, 0.2) is 11.6 Å². The number of hydrogen-bond acceptors (Lipinski definition) is 3. The molecule has 2 heterocycles. The third-order valence-corrected chi connectivity index (χ3v) is 2.58. The SMILES string of the molecule is Cc1nn(C)cc1CNc1ncc(Cl)cc1F. The largest absolute Gasteiger partial charge is 0.363 e. The van der Waals surface area contributed by atoms with Gasteiger partial charge in [-0.3, -0.25) is 4.68 Å². The molecule has 17 heavy (non-hydrogen) atoms. The number of nitrogens with one attached hydrogen (secondary N) is 1. The van der Waals surface area contributed by atoms with Crippen molar-refractivity contribution in [2.24, 2.45) is 7.05 Å². The molecule has 0 bridgehead atoms. The summed E-state index contributed by atoms with van der Waals surface area (Å²) in [5.74, 6) is -0.267. The lowest BCUT2D eigenvalue weighted by atomic mass is 10.2. The third kappa shape index (κ3) is 2.74. The smallest absolute Gasteiger partial charge is 0.166 e. The van der Waals surface area contributed by atoms with Crippen molar-refractivity contribution in [2.75, 3.05) is 5.32 Å². The minimum Gasteiger partial charge on any atom is -0.363 e. The molecule has 4 nitrogen and oxygen atoms in total. The van der Waals surface area contributed by atoms with Gasteiger partial charge in [0.25, 0.3) is 0 Å². The van der Waals surface area contributed by atoms with Gasteiger partial charge in [-0.05, 0) is 13.0 Å². The van der Waals surface area contributed by atoms with Crippen molar-refractivity contribution in [3.05, 3.63) is 40.6 Å². The molecule has 2 aromatic rings. The van der Waals surface area contributed by atoms with Crippen LogP contribution >= 0.6 is 11.6 Å². The fourth-order valence-corrected chi connectivity index (χ4v) is 1.69. The zero-order valence-electron chi connectivity index (χ0n) is 9.54. The van der Waals surface area contributed by atoms with Crippen molar-refractivity contribution in [3.8, 4) is 0 Å². The van der Waals surface area contributed by atoms with Gasteiger partial charge in [-0.1, -0.05) is 11.6 Å². The molecule has 0 aliphatic rings. The molecule has 0 aliphatic carbocycles. The van der Waals surface area contributed by atoms with Gasteiger partial charge in [0.1, 0.15) is 0 Å². The molecule has 0 amide bonds. The van der Waals surface area contributed by atoms with Crippen LogP contribution < -0.4 is 5.32 Å². The lowest BCUT2D eigenvalue weighted by molar-refractivity contribution is 0.624. The molecule has 1 N–H and O–H groups in total. The van der Waals surface area contributed by atoms with Crippen LogP contribution in [0.2, 0.25) is 5.02 Å². The quantitative estimate of drug-likeness (QED) is 0.915. The Bertz CT molecular complexity index is 538. The zero-order valence-corrected chi connectivity index (χ0v) is 10.3. The molecule has 2 rings (SSSR count). The van der Waals surface area contributed by atoms with Gasteiger partial charge >= 0.3 is 0 Å². The number of aromatic nitrogens is 3. The predicted molar refractivity (Wildman–Crippen MR) is 64.5 cm³/mol. The highest BCUT2D eigenvalue weighted by atomic mass is 35.5.